The Balaban J connectivity index is 1.29. The number of aromatic nitrogens is 1. The van der Waals surface area contributed by atoms with Crippen LogP contribution in [0.15, 0.2) is 48.5 Å². The number of pyridine rings is 1. The van der Waals surface area contributed by atoms with E-state index in [0.29, 0.717) is 39.6 Å². The molecule has 0 unspecified atom stereocenters. The highest BCUT2D eigenvalue weighted by atomic mass is 19.1. The molecule has 0 bridgehead atoms. The van der Waals surface area contributed by atoms with Gasteiger partial charge in [-0.1, -0.05) is 19.3 Å². The van der Waals surface area contributed by atoms with Crippen molar-refractivity contribution in [3.63, 3.8) is 0 Å². The molecule has 3 N–H and O–H groups in total. The lowest BCUT2D eigenvalue weighted by Crippen LogP contribution is -2.54. The van der Waals surface area contributed by atoms with E-state index >= 15 is 0 Å². The number of fused-ring (bicyclic) bond motifs is 1. The lowest BCUT2D eigenvalue weighted by Gasteiger charge is -2.37. The lowest BCUT2D eigenvalue weighted by atomic mass is 9.78. The number of halogens is 1. The van der Waals surface area contributed by atoms with E-state index < -0.39 is 22.7 Å². The Morgan fingerprint density at radius 2 is 1.78 bits per heavy atom. The van der Waals surface area contributed by atoms with E-state index in [1.807, 2.05) is 6.92 Å². The molecule has 244 valence electrons. The number of carbonyl (C=O) groups is 2. The second-order valence-electron chi connectivity index (χ2n) is 13.6. The fourth-order valence-electron chi connectivity index (χ4n) is 6.24. The van der Waals surface area contributed by atoms with Crippen LogP contribution in [-0.2, 0) is 15.8 Å². The quantitative estimate of drug-likeness (QED) is 0.268. The molecule has 46 heavy (non-hydrogen) atoms. The molecule has 2 fully saturated rings. The number of hydrogen-bond acceptors (Lipinski definition) is 7. The normalized spacial score (nSPS) is 21.3. The fourth-order valence-corrected chi connectivity index (χ4v) is 6.24. The Morgan fingerprint density at radius 1 is 1.07 bits per heavy atom. The third kappa shape index (κ3) is 6.40. The highest BCUT2D eigenvalue weighted by Crippen LogP contribution is 2.46. The first-order valence-corrected chi connectivity index (χ1v) is 16.0. The molecule has 3 aliphatic rings. The van der Waals surface area contributed by atoms with Gasteiger partial charge in [0.1, 0.15) is 34.9 Å². The zero-order chi connectivity index (χ0) is 32.7. The summed E-state index contributed by atoms with van der Waals surface area (Å²) in [7, 11) is 1.52. The Hall–Kier alpha value is -4.18. The predicted molar refractivity (Wildman–Crippen MR) is 171 cm³/mol. The van der Waals surface area contributed by atoms with E-state index in [1.165, 1.54) is 19.2 Å². The van der Waals surface area contributed by atoms with Gasteiger partial charge in [-0.15, -0.1) is 0 Å². The summed E-state index contributed by atoms with van der Waals surface area (Å²) in [5.74, 6) is 0.480. The summed E-state index contributed by atoms with van der Waals surface area (Å²) < 4.78 is 31.3. The van der Waals surface area contributed by atoms with Crippen molar-refractivity contribution in [1.82, 2.24) is 15.6 Å². The summed E-state index contributed by atoms with van der Waals surface area (Å²) in [6.07, 6.45) is 7.25. The number of benzene rings is 2. The SMILES string of the molecule is COc1cc(C(=O)NC[C@](C)(O)c2cc3c(c(-c4ccc(F)cc4)n2)OC[C@]3(C)C(=O)NC2(C)CCCCC2)ccc1OC1CC1. The number of nitrogens with zero attached hydrogens (tertiary/aromatic N) is 1. The monoisotopic (exact) mass is 631 g/mol. The molecule has 2 atom stereocenters. The Labute approximate surface area is 268 Å². The molecule has 2 amide bonds. The van der Waals surface area contributed by atoms with E-state index in [1.54, 1.807) is 43.3 Å². The van der Waals surface area contributed by atoms with Gasteiger partial charge in [-0.2, -0.15) is 0 Å². The number of aliphatic hydroxyl groups is 1. The van der Waals surface area contributed by atoms with E-state index in [4.69, 9.17) is 19.2 Å². The summed E-state index contributed by atoms with van der Waals surface area (Å²) in [6.45, 7) is 5.39. The first-order chi connectivity index (χ1) is 21.9. The number of carbonyl (C=O) groups excluding carboxylic acids is 2. The van der Waals surface area contributed by atoms with Crippen LogP contribution in [0.25, 0.3) is 11.3 Å². The molecular weight excluding hydrogens is 589 g/mol. The van der Waals surface area contributed by atoms with Gasteiger partial charge in [0.15, 0.2) is 11.5 Å². The van der Waals surface area contributed by atoms with Gasteiger partial charge in [-0.25, -0.2) is 9.37 Å². The van der Waals surface area contributed by atoms with E-state index in [-0.39, 0.29) is 36.4 Å². The number of hydrogen-bond donors (Lipinski definition) is 3. The van der Waals surface area contributed by atoms with Crippen LogP contribution >= 0.6 is 0 Å². The molecule has 2 saturated carbocycles. The second-order valence-corrected chi connectivity index (χ2v) is 13.6. The van der Waals surface area contributed by atoms with Gasteiger partial charge in [0.2, 0.25) is 5.91 Å². The maximum Gasteiger partial charge on any atom is 0.251 e. The van der Waals surface area contributed by atoms with Crippen LogP contribution in [-0.4, -0.2) is 53.8 Å². The second kappa shape index (κ2) is 12.2. The van der Waals surface area contributed by atoms with E-state index in [9.17, 15) is 19.1 Å². The third-order valence-electron chi connectivity index (χ3n) is 9.45. The highest BCUT2D eigenvalue weighted by Gasteiger charge is 2.47. The van der Waals surface area contributed by atoms with Gasteiger partial charge < -0.3 is 30.0 Å². The number of methoxy groups -OCH3 is 1. The van der Waals surface area contributed by atoms with Crippen LogP contribution in [0.3, 0.4) is 0 Å². The van der Waals surface area contributed by atoms with Gasteiger partial charge in [-0.3, -0.25) is 9.59 Å². The van der Waals surface area contributed by atoms with Crippen molar-refractivity contribution in [2.75, 3.05) is 20.3 Å². The summed E-state index contributed by atoms with van der Waals surface area (Å²) in [5.41, 5.74) is -0.896. The Morgan fingerprint density at radius 3 is 2.46 bits per heavy atom. The van der Waals surface area contributed by atoms with Crippen LogP contribution in [0.1, 0.15) is 87.3 Å². The standard InChI is InChI=1S/C36H42FN3O6/c1-34(16-6-5-7-17-34)40-33(42)35(2)21-45-31-26(35)19-29(39-30(31)22-8-11-24(37)12-9-22)36(3,43)20-38-32(41)23-10-15-27(28(18-23)44-4)46-25-13-14-25/h8-12,15,18-19,25,43H,5-7,13-14,16-17,20-21H2,1-4H3,(H,38,41)(H,40,42)/t35-,36-/m0/s1. The fraction of sp³-hybridized carbons (Fsp3) is 0.472. The molecule has 9 nitrogen and oxygen atoms in total. The predicted octanol–water partition coefficient (Wildman–Crippen LogP) is 5.56. The van der Waals surface area contributed by atoms with Crippen molar-refractivity contribution in [3.8, 4) is 28.5 Å². The molecule has 1 aliphatic heterocycles. The molecule has 2 aromatic carbocycles. The summed E-state index contributed by atoms with van der Waals surface area (Å²) in [6, 6.07) is 12.5. The van der Waals surface area contributed by atoms with Gasteiger partial charge in [-0.05, 0) is 95.0 Å². The molecule has 0 saturated heterocycles. The topological polar surface area (TPSA) is 119 Å². The van der Waals surface area contributed by atoms with Crippen LogP contribution in [0.5, 0.6) is 17.2 Å². The van der Waals surface area contributed by atoms with Gasteiger partial charge >= 0.3 is 0 Å². The smallest absolute Gasteiger partial charge is 0.251 e. The zero-order valence-corrected chi connectivity index (χ0v) is 26.9. The molecule has 0 spiro atoms. The van der Waals surface area contributed by atoms with Crippen molar-refractivity contribution in [3.05, 3.63) is 71.2 Å². The highest BCUT2D eigenvalue weighted by molar-refractivity contribution is 5.95. The largest absolute Gasteiger partial charge is 0.493 e. The number of rotatable bonds is 10. The van der Waals surface area contributed by atoms with Crippen molar-refractivity contribution in [2.24, 2.45) is 0 Å². The molecule has 6 rings (SSSR count). The van der Waals surface area contributed by atoms with E-state index in [0.717, 1.165) is 44.9 Å². The van der Waals surface area contributed by atoms with Gasteiger partial charge in [0, 0.05) is 22.2 Å². The van der Waals surface area contributed by atoms with Crippen LogP contribution < -0.4 is 24.8 Å². The lowest BCUT2D eigenvalue weighted by molar-refractivity contribution is -0.128. The van der Waals surface area contributed by atoms with Gasteiger partial charge in [0.25, 0.3) is 5.91 Å². The summed E-state index contributed by atoms with van der Waals surface area (Å²) in [4.78, 5) is 32.0. The van der Waals surface area contributed by atoms with Crippen LogP contribution in [0.4, 0.5) is 4.39 Å². The minimum atomic E-state index is -1.64. The first-order valence-electron chi connectivity index (χ1n) is 16.0. The Kier molecular flexibility index (Phi) is 8.43. The number of nitrogens with one attached hydrogen (secondary N) is 2. The maximum absolute atomic E-state index is 14.0. The average Bonchev–Trinajstić information content (AvgIpc) is 3.80. The molecule has 10 heteroatoms. The number of amides is 2. The molecule has 1 aromatic heterocycles. The zero-order valence-electron chi connectivity index (χ0n) is 26.9. The van der Waals surface area contributed by atoms with Crippen LogP contribution in [0, 0.1) is 5.82 Å². The average molecular weight is 632 g/mol. The molecule has 2 heterocycles. The minimum absolute atomic E-state index is 0.0880. The molecular formula is C36H42FN3O6. The van der Waals surface area contributed by atoms with Crippen LogP contribution in [0.2, 0.25) is 0 Å². The molecule has 2 aliphatic carbocycles. The minimum Gasteiger partial charge on any atom is -0.493 e. The van der Waals surface area contributed by atoms with Crippen molar-refractivity contribution in [2.45, 2.75) is 88.4 Å². The van der Waals surface area contributed by atoms with E-state index in [2.05, 4.69) is 17.6 Å². The number of ether oxygens (including phenoxy) is 3. The van der Waals surface area contributed by atoms with Crippen molar-refractivity contribution >= 4 is 11.8 Å². The van der Waals surface area contributed by atoms with Crippen molar-refractivity contribution < 1.29 is 33.3 Å². The summed E-state index contributed by atoms with van der Waals surface area (Å²) >= 11 is 0. The third-order valence-corrected chi connectivity index (χ3v) is 9.45. The maximum atomic E-state index is 14.0. The van der Waals surface area contributed by atoms with Gasteiger partial charge in [0.05, 0.1) is 25.5 Å². The van der Waals surface area contributed by atoms with Crippen molar-refractivity contribution in [1.29, 1.82) is 0 Å². The first kappa shape index (κ1) is 31.8. The Bertz CT molecular complexity index is 1630. The summed E-state index contributed by atoms with van der Waals surface area (Å²) in [5, 5.41) is 17.9. The molecule has 3 aromatic rings. The molecule has 0 radical (unpaired) electrons.